The molecule has 1 aromatic rings. The second kappa shape index (κ2) is 6.86. The van der Waals surface area contributed by atoms with Gasteiger partial charge in [-0.15, -0.1) is 0 Å². The third-order valence-electron chi connectivity index (χ3n) is 3.80. The molecule has 3 atom stereocenters. The van der Waals surface area contributed by atoms with Gasteiger partial charge in [-0.3, -0.25) is 4.79 Å². The van der Waals surface area contributed by atoms with Gasteiger partial charge in [-0.1, -0.05) is 29.8 Å². The van der Waals surface area contributed by atoms with E-state index in [-0.39, 0.29) is 24.1 Å². The zero-order valence-corrected chi connectivity index (χ0v) is 12.3. The molecule has 3 unspecified atom stereocenters. The van der Waals surface area contributed by atoms with Crippen LogP contribution in [0.1, 0.15) is 30.9 Å². The maximum atomic E-state index is 12.0. The number of carbonyl (C=O) groups excluding carboxylic acids is 1. The molecule has 1 fully saturated rings. The molecule has 0 spiro atoms. The number of hydrogen-bond acceptors (Lipinski definition) is 3. The van der Waals surface area contributed by atoms with Gasteiger partial charge in [-0.05, 0) is 32.3 Å². The third-order valence-corrected chi connectivity index (χ3v) is 3.80. The standard InChI is InChI=1S/C16H24N2O2/c1-3-20-14-10-13(17)16(14)18-15(19)8-7-12-6-4-5-11(2)9-12/h4-6,9,13-14,16H,3,7-8,10,17H2,1-2H3,(H,18,19). The highest BCUT2D eigenvalue weighted by molar-refractivity contribution is 5.76. The minimum Gasteiger partial charge on any atom is -0.376 e. The minimum absolute atomic E-state index is 0.0227. The summed E-state index contributed by atoms with van der Waals surface area (Å²) in [6.45, 7) is 4.68. The predicted molar refractivity (Wildman–Crippen MR) is 79.4 cm³/mol. The number of benzene rings is 1. The molecule has 0 aromatic heterocycles. The van der Waals surface area contributed by atoms with Crippen molar-refractivity contribution in [3.8, 4) is 0 Å². The summed E-state index contributed by atoms with van der Waals surface area (Å²) in [5.41, 5.74) is 8.34. The van der Waals surface area contributed by atoms with Crippen LogP contribution in [0.3, 0.4) is 0 Å². The lowest BCUT2D eigenvalue weighted by Crippen LogP contribution is -2.64. The van der Waals surface area contributed by atoms with Gasteiger partial charge in [0.25, 0.3) is 0 Å². The van der Waals surface area contributed by atoms with Crippen LogP contribution in [0.4, 0.5) is 0 Å². The van der Waals surface area contributed by atoms with Gasteiger partial charge in [-0.2, -0.15) is 0 Å². The molecule has 1 amide bonds. The van der Waals surface area contributed by atoms with E-state index in [1.807, 2.05) is 13.0 Å². The summed E-state index contributed by atoms with van der Waals surface area (Å²) < 4.78 is 5.55. The number of amides is 1. The number of nitrogens with one attached hydrogen (secondary N) is 1. The largest absolute Gasteiger partial charge is 0.376 e. The summed E-state index contributed by atoms with van der Waals surface area (Å²) in [6.07, 6.45) is 2.16. The summed E-state index contributed by atoms with van der Waals surface area (Å²) in [7, 11) is 0. The Kier molecular flexibility index (Phi) is 5.15. The fourth-order valence-corrected chi connectivity index (χ4v) is 2.61. The summed E-state index contributed by atoms with van der Waals surface area (Å²) in [4.78, 5) is 12.0. The van der Waals surface area contributed by atoms with E-state index in [0.29, 0.717) is 13.0 Å². The van der Waals surface area contributed by atoms with Crippen LogP contribution in [0.5, 0.6) is 0 Å². The van der Waals surface area contributed by atoms with Gasteiger partial charge in [0.1, 0.15) is 0 Å². The first-order valence-electron chi connectivity index (χ1n) is 7.32. The molecule has 0 heterocycles. The number of ether oxygens (including phenoxy) is 1. The van der Waals surface area contributed by atoms with Crippen molar-refractivity contribution < 1.29 is 9.53 Å². The topological polar surface area (TPSA) is 64.3 Å². The molecule has 1 aliphatic rings. The first kappa shape index (κ1) is 15.0. The van der Waals surface area contributed by atoms with Gasteiger partial charge in [0.2, 0.25) is 5.91 Å². The number of nitrogens with two attached hydrogens (primary N) is 1. The number of hydrogen-bond donors (Lipinski definition) is 2. The van der Waals surface area contributed by atoms with Crippen molar-refractivity contribution in [2.75, 3.05) is 6.61 Å². The van der Waals surface area contributed by atoms with Crippen LogP contribution in [-0.2, 0) is 16.0 Å². The fraction of sp³-hybridized carbons (Fsp3) is 0.562. The van der Waals surface area contributed by atoms with Gasteiger partial charge in [-0.25, -0.2) is 0 Å². The lowest BCUT2D eigenvalue weighted by Gasteiger charge is -2.42. The van der Waals surface area contributed by atoms with Crippen molar-refractivity contribution in [3.05, 3.63) is 35.4 Å². The Labute approximate surface area is 120 Å². The zero-order valence-electron chi connectivity index (χ0n) is 12.3. The Bertz CT molecular complexity index is 460. The maximum Gasteiger partial charge on any atom is 0.220 e. The van der Waals surface area contributed by atoms with Crippen LogP contribution >= 0.6 is 0 Å². The molecule has 1 aliphatic carbocycles. The molecule has 0 radical (unpaired) electrons. The maximum absolute atomic E-state index is 12.0. The van der Waals surface area contributed by atoms with Crippen LogP contribution in [0.2, 0.25) is 0 Å². The van der Waals surface area contributed by atoms with E-state index in [4.69, 9.17) is 10.5 Å². The van der Waals surface area contributed by atoms with Crippen molar-refractivity contribution in [2.45, 2.75) is 51.3 Å². The third kappa shape index (κ3) is 3.81. The van der Waals surface area contributed by atoms with Crippen LogP contribution < -0.4 is 11.1 Å². The molecule has 0 bridgehead atoms. The Morgan fingerprint density at radius 2 is 2.30 bits per heavy atom. The average Bonchev–Trinajstić information content (AvgIpc) is 2.42. The van der Waals surface area contributed by atoms with E-state index in [2.05, 4.69) is 30.4 Å². The first-order valence-corrected chi connectivity index (χ1v) is 7.32. The van der Waals surface area contributed by atoms with E-state index in [9.17, 15) is 4.79 Å². The van der Waals surface area contributed by atoms with Crippen LogP contribution in [0.15, 0.2) is 24.3 Å². The predicted octanol–water partition coefficient (Wildman–Crippen LogP) is 1.55. The van der Waals surface area contributed by atoms with Crippen LogP contribution in [-0.4, -0.2) is 30.7 Å². The highest BCUT2D eigenvalue weighted by Crippen LogP contribution is 2.22. The van der Waals surface area contributed by atoms with Crippen molar-refractivity contribution in [3.63, 3.8) is 0 Å². The lowest BCUT2D eigenvalue weighted by molar-refractivity contribution is -0.125. The number of rotatable bonds is 6. The fourth-order valence-electron chi connectivity index (χ4n) is 2.61. The highest BCUT2D eigenvalue weighted by atomic mass is 16.5. The molecular weight excluding hydrogens is 252 g/mol. The van der Waals surface area contributed by atoms with Gasteiger partial charge < -0.3 is 15.8 Å². The molecule has 1 saturated carbocycles. The van der Waals surface area contributed by atoms with E-state index in [0.717, 1.165) is 12.8 Å². The van der Waals surface area contributed by atoms with Crippen molar-refractivity contribution in [1.29, 1.82) is 0 Å². The Hall–Kier alpha value is -1.39. The molecule has 110 valence electrons. The number of aryl methyl sites for hydroxylation is 2. The summed E-state index contributed by atoms with van der Waals surface area (Å²) in [5.74, 6) is 0.0522. The summed E-state index contributed by atoms with van der Waals surface area (Å²) in [6, 6.07) is 8.25. The van der Waals surface area contributed by atoms with Gasteiger partial charge in [0.15, 0.2) is 0 Å². The summed E-state index contributed by atoms with van der Waals surface area (Å²) in [5, 5.41) is 3.00. The molecule has 20 heavy (non-hydrogen) atoms. The van der Waals surface area contributed by atoms with E-state index in [1.165, 1.54) is 11.1 Å². The SMILES string of the molecule is CCOC1CC(N)C1NC(=O)CCc1cccc(C)c1. The lowest BCUT2D eigenvalue weighted by atomic mass is 9.83. The van der Waals surface area contributed by atoms with Crippen molar-refractivity contribution >= 4 is 5.91 Å². The molecule has 4 heteroatoms. The minimum atomic E-state index is -0.0278. The van der Waals surface area contributed by atoms with Gasteiger partial charge in [0, 0.05) is 19.1 Å². The first-order chi connectivity index (χ1) is 9.60. The second-order valence-corrected chi connectivity index (χ2v) is 5.48. The van der Waals surface area contributed by atoms with Crippen molar-refractivity contribution in [2.24, 2.45) is 5.73 Å². The summed E-state index contributed by atoms with van der Waals surface area (Å²) >= 11 is 0. The van der Waals surface area contributed by atoms with E-state index in [1.54, 1.807) is 0 Å². The number of carbonyl (C=O) groups is 1. The van der Waals surface area contributed by atoms with E-state index < -0.39 is 0 Å². The second-order valence-electron chi connectivity index (χ2n) is 5.48. The molecule has 3 N–H and O–H groups in total. The molecule has 0 aliphatic heterocycles. The monoisotopic (exact) mass is 276 g/mol. The highest BCUT2D eigenvalue weighted by Gasteiger charge is 2.40. The Balaban J connectivity index is 1.78. The van der Waals surface area contributed by atoms with Gasteiger partial charge >= 0.3 is 0 Å². The molecule has 4 nitrogen and oxygen atoms in total. The zero-order chi connectivity index (χ0) is 14.5. The smallest absolute Gasteiger partial charge is 0.220 e. The van der Waals surface area contributed by atoms with Gasteiger partial charge in [0.05, 0.1) is 12.1 Å². The van der Waals surface area contributed by atoms with Crippen LogP contribution in [0.25, 0.3) is 0 Å². The quantitative estimate of drug-likeness (QED) is 0.828. The molecular formula is C16H24N2O2. The Morgan fingerprint density at radius 3 is 2.95 bits per heavy atom. The normalized spacial score (nSPS) is 25.1. The molecule has 0 saturated heterocycles. The molecule has 2 rings (SSSR count). The van der Waals surface area contributed by atoms with E-state index >= 15 is 0 Å². The van der Waals surface area contributed by atoms with Crippen molar-refractivity contribution in [1.82, 2.24) is 5.32 Å². The molecule has 1 aromatic carbocycles. The average molecular weight is 276 g/mol. The Morgan fingerprint density at radius 1 is 1.50 bits per heavy atom. The van der Waals surface area contributed by atoms with Crippen LogP contribution in [0, 0.1) is 6.92 Å².